The van der Waals surface area contributed by atoms with Crippen LogP contribution in [-0.4, -0.2) is 41.9 Å². The van der Waals surface area contributed by atoms with Crippen LogP contribution in [0.3, 0.4) is 0 Å². The van der Waals surface area contributed by atoms with Crippen LogP contribution in [0.5, 0.6) is 0 Å². The number of allylic oxidation sites excluding steroid dienone is 1. The number of benzene rings is 1. The number of halogens is 2. The van der Waals surface area contributed by atoms with Crippen LogP contribution in [0.25, 0.3) is 6.08 Å². The third kappa shape index (κ3) is 4.62. The Bertz CT molecular complexity index is 886. The summed E-state index contributed by atoms with van der Waals surface area (Å²) in [5, 5.41) is 4.93. The van der Waals surface area contributed by atoms with Gasteiger partial charge in [-0.2, -0.15) is 5.10 Å². The highest BCUT2D eigenvalue weighted by Gasteiger charge is 2.17. The lowest BCUT2D eigenvalue weighted by Gasteiger charge is -2.29. The molecule has 2 heterocycles. The molecule has 1 fully saturated rings. The largest absolute Gasteiger partial charge is 0.378 e. The number of rotatable bonds is 6. The fourth-order valence-corrected chi connectivity index (χ4v) is 3.51. The molecule has 2 aromatic rings. The van der Waals surface area contributed by atoms with Gasteiger partial charge in [0.25, 0.3) is 0 Å². The zero-order chi connectivity index (χ0) is 20.3. The summed E-state index contributed by atoms with van der Waals surface area (Å²) in [5.74, 6) is -0.275. The van der Waals surface area contributed by atoms with Gasteiger partial charge in [-0.05, 0) is 43.2 Å². The van der Waals surface area contributed by atoms with Crippen LogP contribution in [0.2, 0.25) is 5.15 Å². The molecular weight excluding hydrogens is 381 g/mol. The summed E-state index contributed by atoms with van der Waals surface area (Å²) >= 11 is 6.40. The van der Waals surface area contributed by atoms with Gasteiger partial charge in [-0.3, -0.25) is 9.48 Å². The summed E-state index contributed by atoms with van der Waals surface area (Å²) in [6.45, 7) is 9.16. The Morgan fingerprint density at radius 2 is 2.07 bits per heavy atom. The van der Waals surface area contributed by atoms with Crippen LogP contribution in [0.1, 0.15) is 35.5 Å². The quantitative estimate of drug-likeness (QED) is 0.528. The highest BCUT2D eigenvalue weighted by molar-refractivity contribution is 6.31. The second-order valence-corrected chi connectivity index (χ2v) is 7.69. The summed E-state index contributed by atoms with van der Waals surface area (Å²) in [7, 11) is 0. The van der Waals surface area contributed by atoms with Crippen LogP contribution in [0.4, 0.5) is 10.1 Å². The number of hydrogen-bond donors (Lipinski definition) is 0. The monoisotopic (exact) mass is 405 g/mol. The van der Waals surface area contributed by atoms with E-state index in [1.165, 1.54) is 12.1 Å². The summed E-state index contributed by atoms with van der Waals surface area (Å²) in [5.41, 5.74) is 2.26. The van der Waals surface area contributed by atoms with Gasteiger partial charge in [0.15, 0.2) is 5.78 Å². The molecule has 1 saturated heterocycles. The molecule has 0 amide bonds. The third-order valence-corrected chi connectivity index (χ3v) is 5.03. The van der Waals surface area contributed by atoms with Gasteiger partial charge in [-0.1, -0.05) is 25.4 Å². The Balaban J connectivity index is 1.76. The lowest BCUT2D eigenvalue weighted by molar-refractivity contribution is 0.104. The predicted octanol–water partition coefficient (Wildman–Crippen LogP) is 4.37. The van der Waals surface area contributed by atoms with Gasteiger partial charge in [0.2, 0.25) is 0 Å². The molecule has 0 saturated carbocycles. The first-order valence-electron chi connectivity index (χ1n) is 9.44. The summed E-state index contributed by atoms with van der Waals surface area (Å²) in [6, 6.07) is 4.59. The second-order valence-electron chi connectivity index (χ2n) is 7.33. The Morgan fingerprint density at radius 1 is 1.36 bits per heavy atom. The van der Waals surface area contributed by atoms with E-state index in [4.69, 9.17) is 16.3 Å². The standard InChI is InChI=1S/C21H25ClFN3O2/c1-14(2)13-26-21(22)17(15(3)24-26)5-7-20(27)16-4-6-19(18(23)12-16)25-8-10-28-11-9-25/h4-7,12,14H,8-11,13H2,1-3H3/b7-5-. The van der Waals surface area contributed by atoms with Crippen LogP contribution in [0.15, 0.2) is 24.3 Å². The number of anilines is 1. The normalized spacial score (nSPS) is 15.0. The first kappa shape index (κ1) is 20.6. The van der Waals surface area contributed by atoms with E-state index in [2.05, 4.69) is 18.9 Å². The predicted molar refractivity (Wildman–Crippen MR) is 110 cm³/mol. The molecule has 1 aromatic heterocycles. The van der Waals surface area contributed by atoms with Gasteiger partial charge in [0.1, 0.15) is 11.0 Å². The number of nitrogens with zero attached hydrogens (tertiary/aromatic N) is 3. The van der Waals surface area contributed by atoms with Crippen molar-refractivity contribution in [3.05, 3.63) is 52.1 Å². The highest BCUT2D eigenvalue weighted by Crippen LogP contribution is 2.24. The first-order valence-corrected chi connectivity index (χ1v) is 9.82. The highest BCUT2D eigenvalue weighted by atomic mass is 35.5. The number of aromatic nitrogens is 2. The van der Waals surface area contributed by atoms with Crippen molar-refractivity contribution in [2.24, 2.45) is 5.92 Å². The van der Waals surface area contributed by atoms with Gasteiger partial charge in [-0.25, -0.2) is 4.39 Å². The number of ether oxygens (including phenoxy) is 1. The second kappa shape index (κ2) is 8.88. The van der Waals surface area contributed by atoms with Gasteiger partial charge >= 0.3 is 0 Å². The minimum absolute atomic E-state index is 0.278. The van der Waals surface area contributed by atoms with Crippen molar-refractivity contribution in [1.82, 2.24) is 9.78 Å². The summed E-state index contributed by atoms with van der Waals surface area (Å²) in [4.78, 5) is 14.4. The molecule has 0 bridgehead atoms. The Kier molecular flexibility index (Phi) is 6.52. The zero-order valence-corrected chi connectivity index (χ0v) is 17.2. The molecule has 0 N–H and O–H groups in total. The fourth-order valence-electron chi connectivity index (χ4n) is 3.20. The smallest absolute Gasteiger partial charge is 0.185 e. The van der Waals surface area contributed by atoms with E-state index in [0.717, 1.165) is 5.69 Å². The van der Waals surface area contributed by atoms with E-state index in [9.17, 15) is 9.18 Å². The Labute approximate surface area is 169 Å². The molecule has 28 heavy (non-hydrogen) atoms. The van der Waals surface area contributed by atoms with Crippen molar-refractivity contribution in [3.63, 3.8) is 0 Å². The van der Waals surface area contributed by atoms with Crippen molar-refractivity contribution >= 4 is 29.1 Å². The van der Waals surface area contributed by atoms with Crippen LogP contribution in [-0.2, 0) is 11.3 Å². The molecule has 0 unspecified atom stereocenters. The number of aryl methyl sites for hydroxylation is 1. The molecule has 7 heteroatoms. The van der Waals surface area contributed by atoms with Gasteiger partial charge in [0.05, 0.1) is 24.6 Å². The van der Waals surface area contributed by atoms with Crippen LogP contribution in [0, 0.1) is 18.7 Å². The lowest BCUT2D eigenvalue weighted by Crippen LogP contribution is -2.36. The SMILES string of the molecule is Cc1nn(CC(C)C)c(Cl)c1/C=C\C(=O)c1ccc(N2CCOCC2)c(F)c1. The van der Waals surface area contributed by atoms with E-state index >= 15 is 0 Å². The van der Waals surface area contributed by atoms with Crippen molar-refractivity contribution in [1.29, 1.82) is 0 Å². The van der Waals surface area contributed by atoms with E-state index in [1.54, 1.807) is 22.9 Å². The number of hydrogen-bond acceptors (Lipinski definition) is 4. The minimum atomic E-state index is -0.403. The fraction of sp³-hybridized carbons (Fsp3) is 0.429. The van der Waals surface area contributed by atoms with Crippen molar-refractivity contribution in [2.75, 3.05) is 31.2 Å². The van der Waals surface area contributed by atoms with E-state index in [0.29, 0.717) is 60.7 Å². The molecule has 0 atom stereocenters. The van der Waals surface area contributed by atoms with Crippen molar-refractivity contribution < 1.29 is 13.9 Å². The maximum absolute atomic E-state index is 14.5. The molecule has 1 aliphatic rings. The molecule has 0 radical (unpaired) electrons. The maximum Gasteiger partial charge on any atom is 0.185 e. The van der Waals surface area contributed by atoms with Gasteiger partial charge in [-0.15, -0.1) is 0 Å². The van der Waals surface area contributed by atoms with Gasteiger partial charge in [0, 0.05) is 30.8 Å². The van der Waals surface area contributed by atoms with Gasteiger partial charge < -0.3 is 9.64 Å². The summed E-state index contributed by atoms with van der Waals surface area (Å²) < 4.78 is 21.6. The van der Waals surface area contributed by atoms with Crippen LogP contribution < -0.4 is 4.90 Å². The van der Waals surface area contributed by atoms with Crippen molar-refractivity contribution in [2.45, 2.75) is 27.3 Å². The number of morpholine rings is 1. The number of carbonyl (C=O) groups is 1. The summed E-state index contributed by atoms with van der Waals surface area (Å²) in [6.07, 6.45) is 3.07. The Hall–Kier alpha value is -2.18. The molecule has 5 nitrogen and oxygen atoms in total. The molecular formula is C21H25ClFN3O2. The molecule has 0 aliphatic carbocycles. The molecule has 0 spiro atoms. The maximum atomic E-state index is 14.5. The topological polar surface area (TPSA) is 47.4 Å². The van der Waals surface area contributed by atoms with Crippen molar-refractivity contribution in [3.8, 4) is 0 Å². The number of carbonyl (C=O) groups excluding carboxylic acids is 1. The van der Waals surface area contributed by atoms with E-state index in [-0.39, 0.29) is 5.78 Å². The molecule has 150 valence electrons. The number of ketones is 1. The third-order valence-electron chi connectivity index (χ3n) is 4.63. The molecule has 3 rings (SSSR count). The average Bonchev–Trinajstić information content (AvgIpc) is 2.92. The first-order chi connectivity index (χ1) is 13.4. The van der Waals surface area contributed by atoms with Crippen LogP contribution >= 0.6 is 11.6 Å². The lowest BCUT2D eigenvalue weighted by atomic mass is 10.1. The molecule has 1 aromatic carbocycles. The van der Waals surface area contributed by atoms with E-state index in [1.807, 2.05) is 11.8 Å². The average molecular weight is 406 g/mol. The van der Waals surface area contributed by atoms with E-state index < -0.39 is 5.82 Å². The minimum Gasteiger partial charge on any atom is -0.378 e. The molecule has 1 aliphatic heterocycles. The Morgan fingerprint density at radius 3 is 2.71 bits per heavy atom. The zero-order valence-electron chi connectivity index (χ0n) is 16.4.